The first-order valence-electron chi connectivity index (χ1n) is 9.72. The molecule has 2 heterocycles. The van der Waals surface area contributed by atoms with Gasteiger partial charge in [0.25, 0.3) is 5.91 Å². The van der Waals surface area contributed by atoms with Crippen molar-refractivity contribution in [1.29, 1.82) is 0 Å². The van der Waals surface area contributed by atoms with Gasteiger partial charge in [-0.05, 0) is 61.1 Å². The number of carbonyl (C=O) groups is 1. The number of primary amides is 1. The third kappa shape index (κ3) is 2.42. The number of nitrogens with two attached hydrogens (primary N) is 1. The molecule has 0 bridgehead atoms. The number of ether oxygens (including phenoxy) is 1. The van der Waals surface area contributed by atoms with Gasteiger partial charge in [-0.2, -0.15) is 0 Å². The summed E-state index contributed by atoms with van der Waals surface area (Å²) in [6.07, 6.45) is 7.09. The average Bonchev–Trinajstić information content (AvgIpc) is 3.20. The summed E-state index contributed by atoms with van der Waals surface area (Å²) in [5.74, 6) is 2.48. The number of thiazole rings is 1. The van der Waals surface area contributed by atoms with Crippen LogP contribution in [0.2, 0.25) is 0 Å². The lowest BCUT2D eigenvalue weighted by Crippen LogP contribution is -2.37. The van der Waals surface area contributed by atoms with Crippen molar-refractivity contribution < 1.29 is 9.53 Å². The second-order valence-corrected chi connectivity index (χ2v) is 9.29. The number of fused-ring (bicyclic) bond motifs is 1. The van der Waals surface area contributed by atoms with Crippen LogP contribution >= 0.6 is 11.3 Å². The molecule has 6 nitrogen and oxygen atoms in total. The molecule has 3 aliphatic carbocycles. The Morgan fingerprint density at radius 1 is 1.29 bits per heavy atom. The SMILES string of the molecule is NC(=O)c1cc(Oc2ccc3nc(NC4CC5CC56CCC46)sc3c2)ccn1. The molecule has 1 aromatic carbocycles. The summed E-state index contributed by atoms with van der Waals surface area (Å²) < 4.78 is 6.97. The van der Waals surface area contributed by atoms with Crippen molar-refractivity contribution in [2.45, 2.75) is 31.7 Å². The van der Waals surface area contributed by atoms with Crippen molar-refractivity contribution in [2.24, 2.45) is 23.0 Å². The molecule has 2 aromatic heterocycles. The molecule has 0 saturated heterocycles. The number of aromatic nitrogens is 2. The van der Waals surface area contributed by atoms with Gasteiger partial charge in [0.15, 0.2) is 5.13 Å². The zero-order chi connectivity index (χ0) is 18.9. The molecule has 28 heavy (non-hydrogen) atoms. The van der Waals surface area contributed by atoms with Crippen LogP contribution in [0, 0.1) is 17.3 Å². The largest absolute Gasteiger partial charge is 0.457 e. The van der Waals surface area contributed by atoms with Crippen LogP contribution in [0.25, 0.3) is 10.2 Å². The number of carbonyl (C=O) groups excluding carboxylic acids is 1. The maximum atomic E-state index is 11.3. The van der Waals surface area contributed by atoms with Crippen LogP contribution in [0.5, 0.6) is 11.5 Å². The van der Waals surface area contributed by atoms with E-state index < -0.39 is 5.91 Å². The highest BCUT2D eigenvalue weighted by atomic mass is 32.1. The van der Waals surface area contributed by atoms with E-state index in [2.05, 4.69) is 10.3 Å². The van der Waals surface area contributed by atoms with Crippen molar-refractivity contribution in [3.8, 4) is 11.5 Å². The Bertz CT molecular complexity index is 1110. The van der Waals surface area contributed by atoms with Gasteiger partial charge >= 0.3 is 0 Å². The fraction of sp³-hybridized carbons (Fsp3) is 0.381. The molecule has 0 radical (unpaired) electrons. The molecule has 4 atom stereocenters. The van der Waals surface area contributed by atoms with Gasteiger partial charge in [-0.3, -0.25) is 9.78 Å². The van der Waals surface area contributed by atoms with Crippen molar-refractivity contribution in [3.05, 3.63) is 42.2 Å². The minimum Gasteiger partial charge on any atom is -0.457 e. The Morgan fingerprint density at radius 3 is 2.96 bits per heavy atom. The molecule has 3 aromatic rings. The van der Waals surface area contributed by atoms with Crippen LogP contribution in [0.4, 0.5) is 5.13 Å². The summed E-state index contributed by atoms with van der Waals surface area (Å²) in [5, 5.41) is 4.71. The second-order valence-electron chi connectivity index (χ2n) is 8.26. The van der Waals surface area contributed by atoms with Crippen molar-refractivity contribution in [2.75, 3.05) is 5.32 Å². The predicted octanol–water partition coefficient (Wildman–Crippen LogP) is 4.18. The first kappa shape index (κ1) is 16.3. The first-order valence-corrected chi connectivity index (χ1v) is 10.5. The number of anilines is 1. The number of nitrogens with zero attached hydrogens (tertiary/aromatic N) is 2. The molecule has 3 saturated carbocycles. The standard InChI is InChI=1S/C21H20N4O2S/c22-19(26)17-8-13(4-6-23-17)27-12-1-2-15-18(9-12)28-20(24-15)25-16-7-11-10-21(11)5-3-14(16)21/h1-2,4,6,8-9,11,14,16H,3,5,7,10H2,(H2,22,26)(H,24,25). The first-order chi connectivity index (χ1) is 13.6. The molecule has 0 aliphatic heterocycles. The van der Waals surface area contributed by atoms with Crippen molar-refractivity contribution in [1.82, 2.24) is 9.97 Å². The molecule has 6 rings (SSSR count). The third-order valence-electron chi connectivity index (χ3n) is 6.85. The summed E-state index contributed by atoms with van der Waals surface area (Å²) in [6.45, 7) is 0. The normalized spacial score (nSPS) is 29.6. The summed E-state index contributed by atoms with van der Waals surface area (Å²) in [4.78, 5) is 20.0. The number of rotatable bonds is 5. The van der Waals surface area contributed by atoms with E-state index in [1.807, 2.05) is 18.2 Å². The summed E-state index contributed by atoms with van der Waals surface area (Å²) in [5.41, 5.74) is 7.15. The average molecular weight is 392 g/mol. The minimum absolute atomic E-state index is 0.186. The van der Waals surface area contributed by atoms with Crippen LogP contribution in [-0.2, 0) is 0 Å². The van der Waals surface area contributed by atoms with Gasteiger partial charge in [0.05, 0.1) is 10.2 Å². The maximum absolute atomic E-state index is 11.3. The zero-order valence-corrected chi connectivity index (χ0v) is 16.0. The quantitative estimate of drug-likeness (QED) is 0.680. The minimum atomic E-state index is -0.572. The molecule has 7 heteroatoms. The molecule has 1 spiro atoms. The lowest BCUT2D eigenvalue weighted by molar-refractivity contribution is 0.0995. The molecule has 3 N–H and O–H groups in total. The summed E-state index contributed by atoms with van der Waals surface area (Å²) in [7, 11) is 0. The smallest absolute Gasteiger partial charge is 0.267 e. The zero-order valence-electron chi connectivity index (χ0n) is 15.2. The Hall–Kier alpha value is -2.67. The maximum Gasteiger partial charge on any atom is 0.267 e. The van der Waals surface area contributed by atoms with E-state index in [1.165, 1.54) is 31.9 Å². The van der Waals surface area contributed by atoms with Gasteiger partial charge in [0.2, 0.25) is 0 Å². The molecule has 3 aliphatic rings. The van der Waals surface area contributed by atoms with E-state index in [0.29, 0.717) is 23.0 Å². The van der Waals surface area contributed by atoms with Crippen LogP contribution < -0.4 is 15.8 Å². The van der Waals surface area contributed by atoms with E-state index in [4.69, 9.17) is 15.5 Å². The van der Waals surface area contributed by atoms with E-state index in [0.717, 1.165) is 27.2 Å². The lowest BCUT2D eigenvalue weighted by atomic mass is 9.70. The second kappa shape index (κ2) is 5.67. The number of hydrogen-bond donors (Lipinski definition) is 2. The topological polar surface area (TPSA) is 90.1 Å². The monoisotopic (exact) mass is 392 g/mol. The van der Waals surface area contributed by atoms with Gasteiger partial charge in [-0.1, -0.05) is 11.3 Å². The van der Waals surface area contributed by atoms with E-state index >= 15 is 0 Å². The number of nitrogens with one attached hydrogen (secondary N) is 1. The predicted molar refractivity (Wildman–Crippen MR) is 108 cm³/mol. The van der Waals surface area contributed by atoms with Crippen molar-refractivity contribution >= 4 is 32.6 Å². The van der Waals surface area contributed by atoms with Gasteiger partial charge in [-0.15, -0.1) is 0 Å². The highest BCUT2D eigenvalue weighted by Crippen LogP contribution is 2.76. The summed E-state index contributed by atoms with van der Waals surface area (Å²) in [6, 6.07) is 9.69. The van der Waals surface area contributed by atoms with Gasteiger partial charge in [0.1, 0.15) is 17.2 Å². The number of hydrogen-bond acceptors (Lipinski definition) is 6. The third-order valence-corrected chi connectivity index (χ3v) is 7.80. The molecular formula is C21H20N4O2S. The van der Waals surface area contributed by atoms with Crippen LogP contribution in [0.1, 0.15) is 36.2 Å². The molecule has 1 amide bonds. The van der Waals surface area contributed by atoms with Crippen LogP contribution in [-0.4, -0.2) is 21.9 Å². The van der Waals surface area contributed by atoms with Gasteiger partial charge < -0.3 is 15.8 Å². The Kier molecular flexibility index (Phi) is 3.30. The summed E-state index contributed by atoms with van der Waals surface area (Å²) >= 11 is 1.67. The number of amides is 1. The molecule has 4 unspecified atom stereocenters. The fourth-order valence-electron chi connectivity index (χ4n) is 5.33. The van der Waals surface area contributed by atoms with E-state index in [9.17, 15) is 4.79 Å². The van der Waals surface area contributed by atoms with Gasteiger partial charge in [0, 0.05) is 24.4 Å². The number of pyridine rings is 1. The Balaban J connectivity index is 1.21. The van der Waals surface area contributed by atoms with Crippen LogP contribution in [0.3, 0.4) is 0 Å². The molecular weight excluding hydrogens is 372 g/mol. The molecule has 3 fully saturated rings. The lowest BCUT2D eigenvalue weighted by Gasteiger charge is -2.38. The van der Waals surface area contributed by atoms with E-state index in [-0.39, 0.29) is 5.69 Å². The fourth-order valence-corrected chi connectivity index (χ4v) is 6.28. The van der Waals surface area contributed by atoms with E-state index in [1.54, 1.807) is 23.5 Å². The Labute approximate surface area is 166 Å². The molecule has 142 valence electrons. The van der Waals surface area contributed by atoms with Crippen molar-refractivity contribution in [3.63, 3.8) is 0 Å². The number of benzene rings is 1. The highest BCUT2D eigenvalue weighted by molar-refractivity contribution is 7.22. The van der Waals surface area contributed by atoms with Gasteiger partial charge in [-0.25, -0.2) is 4.98 Å². The highest BCUT2D eigenvalue weighted by Gasteiger charge is 2.70. The Morgan fingerprint density at radius 2 is 2.18 bits per heavy atom. The van der Waals surface area contributed by atoms with Crippen LogP contribution in [0.15, 0.2) is 36.5 Å².